The number of phenolic OH excluding ortho intramolecular Hbond substituents is 1. The van der Waals surface area contributed by atoms with Crippen molar-refractivity contribution < 1.29 is 28.0 Å². The fourth-order valence-electron chi connectivity index (χ4n) is 1.89. The highest BCUT2D eigenvalue weighted by atomic mass is 32.2. The van der Waals surface area contributed by atoms with Crippen LogP contribution in [0.3, 0.4) is 0 Å². The summed E-state index contributed by atoms with van der Waals surface area (Å²) in [5.74, 6) is -1.10. The van der Waals surface area contributed by atoms with Crippen LogP contribution < -0.4 is 5.73 Å². The number of aromatic hydroxyl groups is 1. The summed E-state index contributed by atoms with van der Waals surface area (Å²) in [4.78, 5) is 10.8. The number of amidine groups is 1. The fraction of sp³-hybridized carbons (Fsp3) is 0.143. The first-order valence-corrected chi connectivity index (χ1v) is 8.07. The van der Waals surface area contributed by atoms with Crippen LogP contribution in [0.4, 0.5) is 0 Å². The average Bonchev–Trinajstić information content (AvgIpc) is 2.39. The first-order valence-electron chi connectivity index (χ1n) is 6.22. The molecule has 23 heavy (non-hydrogen) atoms. The fourth-order valence-corrected chi connectivity index (χ4v) is 1.89. The molecular formula is C14H16N2O6S. The van der Waals surface area contributed by atoms with Gasteiger partial charge < -0.3 is 15.9 Å². The van der Waals surface area contributed by atoms with Crippen LogP contribution in [0.1, 0.15) is 11.1 Å². The van der Waals surface area contributed by atoms with Crippen molar-refractivity contribution in [3.8, 4) is 5.75 Å². The van der Waals surface area contributed by atoms with E-state index in [2.05, 4.69) is 0 Å². The molecule has 0 bridgehead atoms. The maximum atomic E-state index is 10.8. The summed E-state index contributed by atoms with van der Waals surface area (Å²) in [5, 5.41) is 27.3. The van der Waals surface area contributed by atoms with Crippen LogP contribution in [0.5, 0.6) is 5.75 Å². The van der Waals surface area contributed by atoms with Gasteiger partial charge in [-0.25, -0.2) is 0 Å². The zero-order valence-corrected chi connectivity index (χ0v) is 13.0. The minimum absolute atomic E-state index is 0.0412. The zero-order chi connectivity index (χ0) is 17.8. The molecule has 0 amide bonds. The quantitative estimate of drug-likeness (QED) is 0.316. The molecule has 0 spiro atoms. The van der Waals surface area contributed by atoms with Crippen LogP contribution >= 0.6 is 0 Å². The SMILES string of the molecule is CS(=O)(=O)O.N=C(N)c1ccc2c(CC(=O)O)c(O)ccc2c1. The molecule has 0 aliphatic heterocycles. The van der Waals surface area contributed by atoms with Gasteiger partial charge in [0.1, 0.15) is 11.6 Å². The normalized spacial score (nSPS) is 10.7. The lowest BCUT2D eigenvalue weighted by atomic mass is 9.99. The van der Waals surface area contributed by atoms with Crippen LogP contribution in [0.15, 0.2) is 30.3 Å². The van der Waals surface area contributed by atoms with Crippen molar-refractivity contribution in [2.24, 2.45) is 5.73 Å². The number of hydrogen-bond donors (Lipinski definition) is 5. The minimum Gasteiger partial charge on any atom is -0.508 e. The highest BCUT2D eigenvalue weighted by Crippen LogP contribution is 2.28. The first kappa shape index (κ1) is 18.4. The molecule has 0 aromatic heterocycles. The van der Waals surface area contributed by atoms with Gasteiger partial charge in [0.05, 0.1) is 12.7 Å². The van der Waals surface area contributed by atoms with Crippen molar-refractivity contribution in [3.63, 3.8) is 0 Å². The summed E-state index contributed by atoms with van der Waals surface area (Å²) in [6.07, 6.45) is 0.468. The molecular weight excluding hydrogens is 324 g/mol. The lowest BCUT2D eigenvalue weighted by Gasteiger charge is -2.08. The Morgan fingerprint density at radius 2 is 1.83 bits per heavy atom. The molecule has 0 saturated carbocycles. The summed E-state index contributed by atoms with van der Waals surface area (Å²) >= 11 is 0. The van der Waals surface area contributed by atoms with E-state index < -0.39 is 16.1 Å². The maximum absolute atomic E-state index is 10.8. The van der Waals surface area contributed by atoms with Gasteiger partial charge in [0.15, 0.2) is 0 Å². The van der Waals surface area contributed by atoms with Crippen molar-refractivity contribution in [1.82, 2.24) is 0 Å². The van der Waals surface area contributed by atoms with E-state index in [1.807, 2.05) is 0 Å². The summed E-state index contributed by atoms with van der Waals surface area (Å²) in [7, 11) is -3.67. The van der Waals surface area contributed by atoms with Gasteiger partial charge in [0.25, 0.3) is 10.1 Å². The van der Waals surface area contributed by atoms with Gasteiger partial charge in [0.2, 0.25) is 0 Å². The predicted octanol–water partition coefficient (Wildman–Crippen LogP) is 0.961. The van der Waals surface area contributed by atoms with Crippen LogP contribution in [0, 0.1) is 5.41 Å². The highest BCUT2D eigenvalue weighted by Gasteiger charge is 2.11. The molecule has 8 nitrogen and oxygen atoms in total. The Kier molecular flexibility index (Phi) is 5.66. The molecule has 0 unspecified atom stereocenters. The average molecular weight is 340 g/mol. The maximum Gasteiger partial charge on any atom is 0.307 e. The first-order chi connectivity index (χ1) is 10.5. The van der Waals surface area contributed by atoms with E-state index in [0.29, 0.717) is 22.8 Å². The Hall–Kier alpha value is -2.65. The number of hydrogen-bond acceptors (Lipinski definition) is 5. The number of nitrogens with one attached hydrogen (secondary N) is 1. The van der Waals surface area contributed by atoms with Gasteiger partial charge >= 0.3 is 5.97 Å². The van der Waals surface area contributed by atoms with E-state index in [0.717, 1.165) is 5.39 Å². The number of carbonyl (C=O) groups is 1. The second kappa shape index (κ2) is 7.07. The summed E-state index contributed by atoms with van der Waals surface area (Å²) in [6, 6.07) is 8.12. The monoisotopic (exact) mass is 340 g/mol. The van der Waals surface area contributed by atoms with E-state index in [1.54, 1.807) is 24.3 Å². The van der Waals surface area contributed by atoms with Gasteiger partial charge in [-0.15, -0.1) is 0 Å². The van der Waals surface area contributed by atoms with Gasteiger partial charge in [-0.05, 0) is 22.9 Å². The molecule has 0 radical (unpaired) electrons. The van der Waals surface area contributed by atoms with E-state index in [9.17, 15) is 18.3 Å². The number of fused-ring (bicyclic) bond motifs is 1. The molecule has 124 valence electrons. The smallest absolute Gasteiger partial charge is 0.307 e. The lowest BCUT2D eigenvalue weighted by molar-refractivity contribution is -0.136. The Balaban J connectivity index is 0.000000463. The number of carboxylic acids is 1. The third-order valence-corrected chi connectivity index (χ3v) is 2.75. The van der Waals surface area contributed by atoms with E-state index in [4.69, 9.17) is 20.8 Å². The van der Waals surface area contributed by atoms with Crippen molar-refractivity contribution in [2.45, 2.75) is 6.42 Å². The largest absolute Gasteiger partial charge is 0.508 e. The van der Waals surface area contributed by atoms with Crippen molar-refractivity contribution in [3.05, 3.63) is 41.5 Å². The zero-order valence-electron chi connectivity index (χ0n) is 12.1. The number of nitrogen functional groups attached to an aromatic ring is 1. The number of aliphatic carboxylic acids is 1. The molecule has 2 aromatic rings. The molecule has 2 rings (SSSR count). The molecule has 0 aliphatic rings. The number of benzene rings is 2. The predicted molar refractivity (Wildman–Crippen MR) is 85.4 cm³/mol. The standard InChI is InChI=1S/C13H12N2O3.CH4O3S/c14-13(15)8-1-3-9-7(5-8)2-4-11(16)10(9)6-12(17)18;1-5(2,3)4/h1-5,16H,6H2,(H3,14,15)(H,17,18);1H3,(H,2,3,4). The molecule has 0 aliphatic carbocycles. The molecule has 0 atom stereocenters. The Morgan fingerprint density at radius 1 is 1.26 bits per heavy atom. The van der Waals surface area contributed by atoms with Crippen LogP contribution in [-0.2, 0) is 21.3 Å². The second-order valence-electron chi connectivity index (χ2n) is 4.72. The third-order valence-electron chi connectivity index (χ3n) is 2.75. The van der Waals surface area contributed by atoms with E-state index >= 15 is 0 Å². The number of rotatable bonds is 3. The van der Waals surface area contributed by atoms with Gasteiger partial charge in [-0.2, -0.15) is 8.42 Å². The van der Waals surface area contributed by atoms with Crippen LogP contribution in [0.25, 0.3) is 10.8 Å². The van der Waals surface area contributed by atoms with Crippen LogP contribution in [0.2, 0.25) is 0 Å². The Morgan fingerprint density at radius 3 is 2.30 bits per heavy atom. The second-order valence-corrected chi connectivity index (χ2v) is 6.18. The van der Waals surface area contributed by atoms with E-state index in [-0.39, 0.29) is 18.0 Å². The number of nitrogens with two attached hydrogens (primary N) is 1. The summed E-state index contributed by atoms with van der Waals surface area (Å²) in [6.45, 7) is 0. The van der Waals surface area contributed by atoms with Crippen molar-refractivity contribution in [2.75, 3.05) is 6.26 Å². The summed E-state index contributed by atoms with van der Waals surface area (Å²) < 4.78 is 25.9. The number of carboxylic acid groups (broad SMARTS) is 1. The van der Waals surface area contributed by atoms with Crippen molar-refractivity contribution >= 4 is 32.7 Å². The van der Waals surface area contributed by atoms with E-state index in [1.165, 1.54) is 6.07 Å². The Bertz CT molecular complexity index is 853. The number of phenols is 1. The molecule has 0 heterocycles. The molecule has 2 aromatic carbocycles. The summed E-state index contributed by atoms with van der Waals surface area (Å²) in [5.41, 5.74) is 6.33. The molecule has 0 saturated heterocycles. The van der Waals surface area contributed by atoms with Gasteiger partial charge in [-0.3, -0.25) is 14.8 Å². The Labute approximate surface area is 132 Å². The molecule has 6 N–H and O–H groups in total. The van der Waals surface area contributed by atoms with Gasteiger partial charge in [-0.1, -0.05) is 18.2 Å². The minimum atomic E-state index is -3.67. The third kappa shape index (κ3) is 5.93. The topological polar surface area (TPSA) is 162 Å². The lowest BCUT2D eigenvalue weighted by Crippen LogP contribution is -2.10. The van der Waals surface area contributed by atoms with Crippen LogP contribution in [-0.4, -0.2) is 41.2 Å². The van der Waals surface area contributed by atoms with Crippen molar-refractivity contribution in [1.29, 1.82) is 5.41 Å². The highest BCUT2D eigenvalue weighted by molar-refractivity contribution is 7.85. The van der Waals surface area contributed by atoms with Gasteiger partial charge in [0, 0.05) is 11.1 Å². The molecule has 0 fully saturated rings. The molecule has 9 heteroatoms.